The van der Waals surface area contributed by atoms with Gasteiger partial charge in [0.2, 0.25) is 0 Å². The molecule has 80 heavy (non-hydrogen) atoms. The lowest BCUT2D eigenvalue weighted by molar-refractivity contribution is -0.167. The van der Waals surface area contributed by atoms with Gasteiger partial charge in [0, 0.05) is 19.3 Å². The molecule has 0 aromatic rings. The van der Waals surface area contributed by atoms with E-state index < -0.39 is 6.10 Å². The first-order valence-electron chi connectivity index (χ1n) is 36.3. The maximum absolute atomic E-state index is 12.9. The number of allylic oxidation sites excluding steroid dienone is 4. The maximum Gasteiger partial charge on any atom is 0.306 e. The molecule has 472 valence electrons. The summed E-state index contributed by atoms with van der Waals surface area (Å²) < 4.78 is 16.9. The fourth-order valence-corrected chi connectivity index (χ4v) is 11.2. The van der Waals surface area contributed by atoms with Crippen LogP contribution in [0, 0.1) is 0 Å². The fourth-order valence-electron chi connectivity index (χ4n) is 11.2. The molecule has 0 amide bonds. The van der Waals surface area contributed by atoms with Gasteiger partial charge in [0.1, 0.15) is 13.2 Å². The van der Waals surface area contributed by atoms with Crippen LogP contribution in [0.5, 0.6) is 0 Å². The first kappa shape index (κ1) is 77.9. The van der Waals surface area contributed by atoms with E-state index in [1.54, 1.807) is 0 Å². The van der Waals surface area contributed by atoms with Crippen LogP contribution in [0.25, 0.3) is 0 Å². The zero-order valence-electron chi connectivity index (χ0n) is 54.4. The number of ether oxygens (including phenoxy) is 3. The molecular weight excluding hydrogens is 985 g/mol. The quantitative estimate of drug-likeness (QED) is 0.0261. The molecule has 0 aliphatic heterocycles. The summed E-state index contributed by atoms with van der Waals surface area (Å²) in [6.45, 7) is 6.69. The van der Waals surface area contributed by atoms with Crippen molar-refractivity contribution in [1.82, 2.24) is 0 Å². The molecule has 0 fully saturated rings. The van der Waals surface area contributed by atoms with Crippen molar-refractivity contribution in [3.8, 4) is 0 Å². The van der Waals surface area contributed by atoms with Gasteiger partial charge < -0.3 is 14.2 Å². The van der Waals surface area contributed by atoms with Crippen molar-refractivity contribution < 1.29 is 28.6 Å². The van der Waals surface area contributed by atoms with E-state index in [9.17, 15) is 14.4 Å². The number of esters is 3. The van der Waals surface area contributed by atoms with Gasteiger partial charge in [0.05, 0.1) is 0 Å². The summed E-state index contributed by atoms with van der Waals surface area (Å²) in [7, 11) is 0. The third kappa shape index (κ3) is 66.7. The number of rotatable bonds is 68. The van der Waals surface area contributed by atoms with Crippen molar-refractivity contribution in [1.29, 1.82) is 0 Å². The molecule has 6 nitrogen and oxygen atoms in total. The van der Waals surface area contributed by atoms with E-state index in [-0.39, 0.29) is 31.1 Å². The molecule has 0 aliphatic carbocycles. The summed E-state index contributed by atoms with van der Waals surface area (Å²) in [5.41, 5.74) is 0. The van der Waals surface area contributed by atoms with Gasteiger partial charge in [-0.2, -0.15) is 0 Å². The van der Waals surface area contributed by atoms with Crippen molar-refractivity contribution in [2.45, 2.75) is 419 Å². The molecule has 0 aromatic carbocycles. The molecule has 0 heterocycles. The highest BCUT2D eigenvalue weighted by Crippen LogP contribution is 2.19. The van der Waals surface area contributed by atoms with Gasteiger partial charge in [0.15, 0.2) is 6.10 Å². The summed E-state index contributed by atoms with van der Waals surface area (Å²) in [6, 6.07) is 0. The monoisotopic (exact) mass is 1130 g/mol. The molecule has 0 saturated heterocycles. The number of hydrogen-bond acceptors (Lipinski definition) is 6. The Kier molecular flexibility index (Phi) is 67.6. The van der Waals surface area contributed by atoms with Gasteiger partial charge in [0.25, 0.3) is 0 Å². The summed E-state index contributed by atoms with van der Waals surface area (Å²) in [6.07, 6.45) is 85.3. The second kappa shape index (κ2) is 69.4. The van der Waals surface area contributed by atoms with Gasteiger partial charge in [-0.05, 0) is 70.6 Å². The summed E-state index contributed by atoms with van der Waals surface area (Å²) >= 11 is 0. The van der Waals surface area contributed by atoms with Crippen LogP contribution in [0.3, 0.4) is 0 Å². The minimum absolute atomic E-state index is 0.0666. The Morgan fingerprint density at radius 2 is 0.412 bits per heavy atom. The number of carbonyl (C=O) groups excluding carboxylic acids is 3. The number of unbranched alkanes of at least 4 members (excludes halogenated alkanes) is 53. The lowest BCUT2D eigenvalue weighted by Crippen LogP contribution is -2.30. The molecular formula is C74H140O6. The number of hydrogen-bond donors (Lipinski definition) is 0. The van der Waals surface area contributed by atoms with Crippen LogP contribution in [0.4, 0.5) is 0 Å². The summed E-state index contributed by atoms with van der Waals surface area (Å²) in [5.74, 6) is -0.844. The first-order chi connectivity index (χ1) is 39.5. The maximum atomic E-state index is 12.9. The molecule has 0 aromatic heterocycles. The Morgan fingerprint density at radius 3 is 0.625 bits per heavy atom. The van der Waals surface area contributed by atoms with Crippen molar-refractivity contribution >= 4 is 17.9 Å². The highest BCUT2D eigenvalue weighted by atomic mass is 16.6. The highest BCUT2D eigenvalue weighted by Gasteiger charge is 2.19. The summed E-state index contributed by atoms with van der Waals surface area (Å²) in [4.78, 5) is 38.3. The van der Waals surface area contributed by atoms with E-state index in [1.807, 2.05) is 0 Å². The van der Waals surface area contributed by atoms with Gasteiger partial charge in [-0.1, -0.05) is 347 Å². The van der Waals surface area contributed by atoms with Crippen LogP contribution in [0.1, 0.15) is 412 Å². The van der Waals surface area contributed by atoms with Gasteiger partial charge in [-0.3, -0.25) is 14.4 Å². The van der Waals surface area contributed by atoms with E-state index in [1.165, 1.54) is 315 Å². The third-order valence-electron chi connectivity index (χ3n) is 16.7. The minimum Gasteiger partial charge on any atom is -0.462 e. The fraction of sp³-hybridized carbons (Fsp3) is 0.905. The van der Waals surface area contributed by atoms with Crippen molar-refractivity contribution in [2.24, 2.45) is 0 Å². The second-order valence-electron chi connectivity index (χ2n) is 24.9. The molecule has 0 N–H and O–H groups in total. The van der Waals surface area contributed by atoms with Crippen LogP contribution < -0.4 is 0 Å². The Bertz CT molecular complexity index is 1290. The first-order valence-corrected chi connectivity index (χ1v) is 36.3. The van der Waals surface area contributed by atoms with Crippen LogP contribution in [-0.4, -0.2) is 37.2 Å². The lowest BCUT2D eigenvalue weighted by Gasteiger charge is -2.18. The van der Waals surface area contributed by atoms with Crippen LogP contribution >= 0.6 is 0 Å². The van der Waals surface area contributed by atoms with Gasteiger partial charge in [-0.25, -0.2) is 0 Å². The zero-order valence-corrected chi connectivity index (χ0v) is 54.4. The number of carbonyl (C=O) groups is 3. The average Bonchev–Trinajstić information content (AvgIpc) is 3.46. The van der Waals surface area contributed by atoms with Gasteiger partial charge in [-0.15, -0.1) is 0 Å². The predicted molar refractivity (Wildman–Crippen MR) is 349 cm³/mol. The molecule has 6 heteroatoms. The second-order valence-corrected chi connectivity index (χ2v) is 24.9. The van der Waals surface area contributed by atoms with E-state index >= 15 is 0 Å². The van der Waals surface area contributed by atoms with Crippen LogP contribution in [0.15, 0.2) is 24.3 Å². The lowest BCUT2D eigenvalue weighted by atomic mass is 10.0. The zero-order chi connectivity index (χ0) is 57.8. The normalized spacial score (nSPS) is 12.1. The van der Waals surface area contributed by atoms with Crippen LogP contribution in [-0.2, 0) is 28.6 Å². The highest BCUT2D eigenvalue weighted by molar-refractivity contribution is 5.71. The Labute approximate surface area is 500 Å². The molecule has 0 spiro atoms. The van der Waals surface area contributed by atoms with E-state index in [0.717, 1.165) is 57.8 Å². The average molecular weight is 1130 g/mol. The summed E-state index contributed by atoms with van der Waals surface area (Å²) in [5, 5.41) is 0. The molecule has 1 unspecified atom stereocenters. The topological polar surface area (TPSA) is 78.9 Å². The molecule has 1 atom stereocenters. The van der Waals surface area contributed by atoms with Crippen molar-refractivity contribution in [3.63, 3.8) is 0 Å². The van der Waals surface area contributed by atoms with E-state index in [0.29, 0.717) is 19.3 Å². The minimum atomic E-state index is -0.769. The van der Waals surface area contributed by atoms with Crippen LogP contribution in [0.2, 0.25) is 0 Å². The Balaban J connectivity index is 3.99. The smallest absolute Gasteiger partial charge is 0.306 e. The van der Waals surface area contributed by atoms with Crippen molar-refractivity contribution in [3.05, 3.63) is 24.3 Å². The SMILES string of the molecule is CCCCCCCC/C=C\CCCCCCCCCC(=O)OC(COC(=O)CCCCCCCCCCCC)COC(=O)CCCCCCCCCCCCCCCCCCCCCCCCC/C=C\CCCCCCCCCC. The van der Waals surface area contributed by atoms with Gasteiger partial charge >= 0.3 is 17.9 Å². The standard InChI is InChI=1S/C74H140O6/c1-4-7-10-13-16-19-22-24-26-28-29-30-31-32-33-34-35-36-37-38-39-40-41-42-43-44-45-47-48-50-52-55-58-61-64-67-73(76)79-70-71(69-78-72(75)66-63-60-57-54-21-18-15-12-9-6-3)80-74(77)68-65-62-59-56-53-51-49-46-27-25-23-20-17-14-11-8-5-2/h25,27-29,71H,4-24,26,30-70H2,1-3H3/b27-25-,29-28-. The Morgan fingerprint density at radius 1 is 0.237 bits per heavy atom. The molecule has 0 radical (unpaired) electrons. The van der Waals surface area contributed by atoms with Crippen molar-refractivity contribution in [2.75, 3.05) is 13.2 Å². The molecule has 0 rings (SSSR count). The molecule has 0 saturated carbocycles. The van der Waals surface area contributed by atoms with E-state index in [4.69, 9.17) is 14.2 Å². The van der Waals surface area contributed by atoms with E-state index in [2.05, 4.69) is 45.1 Å². The third-order valence-corrected chi connectivity index (χ3v) is 16.7. The largest absolute Gasteiger partial charge is 0.462 e. The molecule has 0 aliphatic rings. The molecule has 0 bridgehead atoms. The Hall–Kier alpha value is -2.11. The predicted octanol–water partition coefficient (Wildman–Crippen LogP) is 25.0.